The molecule has 0 saturated carbocycles. The van der Waals surface area contributed by atoms with Crippen molar-refractivity contribution in [3.63, 3.8) is 0 Å². The molecule has 1 amide bonds. The first kappa shape index (κ1) is 31.3. The standard InChI is InChI=1S/C31H38F2N2O4/c1-7-26(8-2)35-30(19(3)9-10-21(5)32)31(38)34-22(6)24-16-25(33)18-28(17-24)39-27-13-11-23(20(4)15-27)12-14-29(36)37/h7,10-11,13,15-18,22,26,35H,1,8-9,12,14H2,2-6H3,(H,34,38)(H,36,37)/b21-10+,30-19-. The largest absolute Gasteiger partial charge is 0.481 e. The molecule has 0 fully saturated rings. The predicted octanol–water partition coefficient (Wildman–Crippen LogP) is 7.21. The van der Waals surface area contributed by atoms with Crippen LogP contribution in [0.2, 0.25) is 0 Å². The van der Waals surface area contributed by atoms with E-state index in [0.29, 0.717) is 35.4 Å². The summed E-state index contributed by atoms with van der Waals surface area (Å²) in [5.41, 5.74) is 3.24. The normalized spacial score (nSPS) is 13.7. The number of ether oxygens (including phenoxy) is 1. The highest BCUT2D eigenvalue weighted by Crippen LogP contribution is 2.28. The first-order valence-electron chi connectivity index (χ1n) is 12.9. The van der Waals surface area contributed by atoms with Crippen LogP contribution >= 0.6 is 0 Å². The van der Waals surface area contributed by atoms with Crippen LogP contribution in [0.4, 0.5) is 8.78 Å². The monoisotopic (exact) mass is 540 g/mol. The Morgan fingerprint density at radius 2 is 1.85 bits per heavy atom. The second-order valence-electron chi connectivity index (χ2n) is 9.54. The predicted molar refractivity (Wildman–Crippen MR) is 150 cm³/mol. The molecule has 8 heteroatoms. The second-order valence-corrected chi connectivity index (χ2v) is 9.54. The minimum Gasteiger partial charge on any atom is -0.481 e. The minimum absolute atomic E-state index is 0.0305. The average molecular weight is 541 g/mol. The van der Waals surface area contributed by atoms with Gasteiger partial charge in [0.15, 0.2) is 0 Å². The van der Waals surface area contributed by atoms with Gasteiger partial charge < -0.3 is 20.5 Å². The zero-order valence-electron chi connectivity index (χ0n) is 23.2. The van der Waals surface area contributed by atoms with E-state index in [1.807, 2.05) is 13.8 Å². The summed E-state index contributed by atoms with van der Waals surface area (Å²) in [5.74, 6) is -1.38. The minimum atomic E-state index is -0.866. The summed E-state index contributed by atoms with van der Waals surface area (Å²) in [4.78, 5) is 24.1. The summed E-state index contributed by atoms with van der Waals surface area (Å²) in [7, 11) is 0. The number of amides is 1. The number of allylic oxidation sites excluding steroid dienone is 3. The summed E-state index contributed by atoms with van der Waals surface area (Å²) in [6.45, 7) is 12.5. The van der Waals surface area contributed by atoms with Crippen LogP contribution in [-0.2, 0) is 16.0 Å². The third-order valence-corrected chi connectivity index (χ3v) is 6.30. The van der Waals surface area contributed by atoms with E-state index in [1.54, 1.807) is 44.2 Å². The van der Waals surface area contributed by atoms with Gasteiger partial charge in [-0.3, -0.25) is 9.59 Å². The number of carboxylic acids is 1. The van der Waals surface area contributed by atoms with Crippen molar-refractivity contribution in [3.05, 3.63) is 94.7 Å². The number of nitrogens with one attached hydrogen (secondary N) is 2. The van der Waals surface area contributed by atoms with Crippen LogP contribution < -0.4 is 15.4 Å². The average Bonchev–Trinajstić information content (AvgIpc) is 2.87. The van der Waals surface area contributed by atoms with E-state index in [2.05, 4.69) is 17.2 Å². The molecule has 210 valence electrons. The molecule has 0 aliphatic rings. The molecule has 0 spiro atoms. The number of carboxylic acid groups (broad SMARTS) is 1. The smallest absolute Gasteiger partial charge is 0.303 e. The van der Waals surface area contributed by atoms with Gasteiger partial charge in [0, 0.05) is 18.5 Å². The van der Waals surface area contributed by atoms with Gasteiger partial charge in [0.1, 0.15) is 17.3 Å². The van der Waals surface area contributed by atoms with Crippen molar-refractivity contribution in [2.24, 2.45) is 0 Å². The third-order valence-electron chi connectivity index (χ3n) is 6.30. The molecule has 2 aromatic carbocycles. The Morgan fingerprint density at radius 1 is 1.13 bits per heavy atom. The third kappa shape index (κ3) is 10.0. The molecule has 2 aromatic rings. The number of hydrogen-bond acceptors (Lipinski definition) is 4. The summed E-state index contributed by atoms with van der Waals surface area (Å²) >= 11 is 0. The fraction of sp³-hybridized carbons (Fsp3) is 0.355. The fourth-order valence-electron chi connectivity index (χ4n) is 3.93. The van der Waals surface area contributed by atoms with Gasteiger partial charge in [-0.2, -0.15) is 0 Å². The second kappa shape index (κ2) is 14.9. The number of carbonyl (C=O) groups is 2. The zero-order chi connectivity index (χ0) is 29.1. The van der Waals surface area contributed by atoms with E-state index >= 15 is 0 Å². The Hall–Kier alpha value is -3.94. The summed E-state index contributed by atoms with van der Waals surface area (Å²) in [5, 5.41) is 15.0. The van der Waals surface area contributed by atoms with Gasteiger partial charge in [-0.05, 0) is 99.6 Å². The maximum absolute atomic E-state index is 14.6. The van der Waals surface area contributed by atoms with Crippen molar-refractivity contribution in [1.29, 1.82) is 0 Å². The van der Waals surface area contributed by atoms with E-state index in [1.165, 1.54) is 25.1 Å². The molecular weight excluding hydrogens is 502 g/mol. The lowest BCUT2D eigenvalue weighted by atomic mass is 10.0. The van der Waals surface area contributed by atoms with Gasteiger partial charge in [0.25, 0.3) is 5.91 Å². The Balaban J connectivity index is 2.24. The van der Waals surface area contributed by atoms with Gasteiger partial charge in [0.2, 0.25) is 0 Å². The Kier molecular flexibility index (Phi) is 11.9. The van der Waals surface area contributed by atoms with Crippen molar-refractivity contribution in [2.75, 3.05) is 0 Å². The molecule has 2 rings (SSSR count). The lowest BCUT2D eigenvalue weighted by Gasteiger charge is -2.22. The van der Waals surface area contributed by atoms with Gasteiger partial charge >= 0.3 is 5.97 Å². The fourth-order valence-corrected chi connectivity index (χ4v) is 3.93. The van der Waals surface area contributed by atoms with Gasteiger partial charge in [-0.25, -0.2) is 8.78 Å². The number of rotatable bonds is 14. The molecule has 0 radical (unpaired) electrons. The Morgan fingerprint density at radius 3 is 2.44 bits per heavy atom. The molecule has 2 unspecified atom stereocenters. The highest BCUT2D eigenvalue weighted by Gasteiger charge is 2.19. The lowest BCUT2D eigenvalue weighted by molar-refractivity contribution is -0.137. The number of aliphatic carboxylic acids is 1. The van der Waals surface area contributed by atoms with Crippen molar-refractivity contribution < 1.29 is 28.2 Å². The summed E-state index contributed by atoms with van der Waals surface area (Å²) < 4.78 is 33.8. The molecule has 2 atom stereocenters. The first-order chi connectivity index (χ1) is 18.4. The molecule has 39 heavy (non-hydrogen) atoms. The van der Waals surface area contributed by atoms with Crippen molar-refractivity contribution >= 4 is 11.9 Å². The number of hydrogen-bond donors (Lipinski definition) is 3. The number of benzene rings is 2. The van der Waals surface area contributed by atoms with Gasteiger partial charge in [0.05, 0.1) is 17.6 Å². The lowest BCUT2D eigenvalue weighted by Crippen LogP contribution is -2.38. The van der Waals surface area contributed by atoms with E-state index in [9.17, 15) is 18.4 Å². The molecule has 0 saturated heterocycles. The van der Waals surface area contributed by atoms with Crippen LogP contribution in [0.5, 0.6) is 11.5 Å². The van der Waals surface area contributed by atoms with Crippen molar-refractivity contribution in [1.82, 2.24) is 10.6 Å². The number of aryl methyl sites for hydroxylation is 2. The molecule has 0 aliphatic heterocycles. The van der Waals surface area contributed by atoms with Crippen LogP contribution in [-0.4, -0.2) is 23.0 Å². The molecule has 0 bridgehead atoms. The maximum atomic E-state index is 14.6. The Bertz CT molecular complexity index is 1250. The maximum Gasteiger partial charge on any atom is 0.303 e. The van der Waals surface area contributed by atoms with Gasteiger partial charge in [-0.1, -0.05) is 19.1 Å². The van der Waals surface area contributed by atoms with Crippen LogP contribution in [0, 0.1) is 12.7 Å². The molecule has 3 N–H and O–H groups in total. The van der Waals surface area contributed by atoms with E-state index in [0.717, 1.165) is 11.1 Å². The number of carbonyl (C=O) groups excluding carboxylic acids is 1. The zero-order valence-corrected chi connectivity index (χ0v) is 23.2. The van der Waals surface area contributed by atoms with Crippen LogP contribution in [0.15, 0.2) is 72.2 Å². The van der Waals surface area contributed by atoms with E-state index in [-0.39, 0.29) is 30.5 Å². The van der Waals surface area contributed by atoms with E-state index < -0.39 is 23.7 Å². The van der Waals surface area contributed by atoms with Crippen LogP contribution in [0.1, 0.15) is 69.7 Å². The van der Waals surface area contributed by atoms with Crippen LogP contribution in [0.3, 0.4) is 0 Å². The van der Waals surface area contributed by atoms with Gasteiger partial charge in [-0.15, -0.1) is 6.58 Å². The van der Waals surface area contributed by atoms with Crippen LogP contribution in [0.25, 0.3) is 0 Å². The molecule has 0 aliphatic carbocycles. The van der Waals surface area contributed by atoms with Crippen molar-refractivity contribution in [3.8, 4) is 11.5 Å². The first-order valence-corrected chi connectivity index (χ1v) is 12.9. The summed E-state index contributed by atoms with van der Waals surface area (Å²) in [6, 6.07) is 8.80. The van der Waals surface area contributed by atoms with Crippen molar-refractivity contribution in [2.45, 2.75) is 72.4 Å². The molecule has 0 heterocycles. The van der Waals surface area contributed by atoms with E-state index in [4.69, 9.17) is 9.84 Å². The molecule has 0 aromatic heterocycles. The highest BCUT2D eigenvalue weighted by molar-refractivity contribution is 5.94. The quantitative estimate of drug-likeness (QED) is 0.174. The SMILES string of the molecule is C=CC(CC)N/C(C(=O)NC(C)c1cc(F)cc(Oc2ccc(CCC(=O)O)c(C)c2)c1)=C(/C)C/C=C(\C)F. The molecule has 6 nitrogen and oxygen atoms in total. The Labute approximate surface area is 229 Å². The molecular formula is C31H38F2N2O4. The highest BCUT2D eigenvalue weighted by atomic mass is 19.1. The number of halogens is 2. The topological polar surface area (TPSA) is 87.7 Å². The summed E-state index contributed by atoms with van der Waals surface area (Å²) in [6.07, 6.45) is 4.50.